The summed E-state index contributed by atoms with van der Waals surface area (Å²) in [6.07, 6.45) is 8.11. The lowest BCUT2D eigenvalue weighted by Crippen LogP contribution is -2.41. The van der Waals surface area contributed by atoms with Crippen LogP contribution >= 0.6 is 0 Å². The third-order valence-corrected chi connectivity index (χ3v) is 4.90. The predicted molar refractivity (Wildman–Crippen MR) is 79.0 cm³/mol. The molecule has 2 rings (SSSR count). The smallest absolute Gasteiger partial charge is 0.224 e. The molecule has 0 aromatic carbocycles. The Labute approximate surface area is 118 Å². The van der Waals surface area contributed by atoms with Gasteiger partial charge in [-0.1, -0.05) is 20.3 Å². The molecule has 2 atom stereocenters. The highest BCUT2D eigenvalue weighted by atomic mass is 16.2. The Hall–Kier alpha value is -0.570. The maximum absolute atomic E-state index is 12.4. The van der Waals surface area contributed by atoms with Crippen molar-refractivity contribution in [3.05, 3.63) is 0 Å². The summed E-state index contributed by atoms with van der Waals surface area (Å²) in [6, 6.07) is 0.436. The van der Waals surface area contributed by atoms with E-state index in [0.717, 1.165) is 31.5 Å². The van der Waals surface area contributed by atoms with Crippen LogP contribution in [-0.4, -0.2) is 36.5 Å². The average molecular weight is 266 g/mol. The highest BCUT2D eigenvalue weighted by Gasteiger charge is 2.24. The third-order valence-electron chi connectivity index (χ3n) is 4.90. The van der Waals surface area contributed by atoms with Crippen LogP contribution in [0.1, 0.15) is 58.8 Å². The van der Waals surface area contributed by atoms with Gasteiger partial charge in [0.15, 0.2) is 0 Å². The van der Waals surface area contributed by atoms with Gasteiger partial charge >= 0.3 is 0 Å². The van der Waals surface area contributed by atoms with Crippen molar-refractivity contribution in [3.63, 3.8) is 0 Å². The molecule has 0 aromatic rings. The van der Waals surface area contributed by atoms with Crippen LogP contribution in [0, 0.1) is 11.8 Å². The molecular weight excluding hydrogens is 236 g/mol. The van der Waals surface area contributed by atoms with Gasteiger partial charge in [-0.2, -0.15) is 0 Å². The molecule has 2 saturated heterocycles. The number of carbonyl (C=O) groups is 1. The SMILES string of the molecule is CC(C)C1CCCN(C(=O)CC2CCCCN2)CC1. The molecule has 0 saturated carbocycles. The lowest BCUT2D eigenvalue weighted by atomic mass is 9.89. The van der Waals surface area contributed by atoms with Crippen LogP contribution in [0.15, 0.2) is 0 Å². The first kappa shape index (κ1) is 14.8. The standard InChI is InChI=1S/C16H30N2O/c1-13(2)14-6-5-10-18(11-8-14)16(19)12-15-7-3-4-9-17-15/h13-15,17H,3-12H2,1-2H3. The van der Waals surface area contributed by atoms with Crippen molar-refractivity contribution >= 4 is 5.91 Å². The maximum Gasteiger partial charge on any atom is 0.224 e. The van der Waals surface area contributed by atoms with E-state index in [4.69, 9.17) is 0 Å². The largest absolute Gasteiger partial charge is 0.343 e. The zero-order valence-electron chi connectivity index (χ0n) is 12.7. The minimum absolute atomic E-state index is 0.379. The van der Waals surface area contributed by atoms with E-state index in [0.29, 0.717) is 18.4 Å². The minimum atomic E-state index is 0.379. The van der Waals surface area contributed by atoms with Gasteiger partial charge in [0, 0.05) is 25.6 Å². The summed E-state index contributed by atoms with van der Waals surface area (Å²) in [5.74, 6) is 1.95. The Morgan fingerprint density at radius 1 is 1.16 bits per heavy atom. The van der Waals surface area contributed by atoms with E-state index in [1.807, 2.05) is 0 Å². The molecule has 1 N–H and O–H groups in total. The topological polar surface area (TPSA) is 32.3 Å². The van der Waals surface area contributed by atoms with Gasteiger partial charge in [-0.3, -0.25) is 4.79 Å². The molecule has 3 nitrogen and oxygen atoms in total. The van der Waals surface area contributed by atoms with E-state index in [1.165, 1.54) is 38.5 Å². The number of hydrogen-bond acceptors (Lipinski definition) is 2. The van der Waals surface area contributed by atoms with Crippen LogP contribution in [0.3, 0.4) is 0 Å². The second-order valence-corrected chi connectivity index (χ2v) is 6.67. The normalized spacial score (nSPS) is 29.3. The number of hydrogen-bond donors (Lipinski definition) is 1. The fraction of sp³-hybridized carbons (Fsp3) is 0.938. The summed E-state index contributed by atoms with van der Waals surface area (Å²) < 4.78 is 0. The van der Waals surface area contributed by atoms with Crippen LogP contribution < -0.4 is 5.32 Å². The number of amides is 1. The highest BCUT2D eigenvalue weighted by Crippen LogP contribution is 2.25. The van der Waals surface area contributed by atoms with E-state index < -0.39 is 0 Å². The monoisotopic (exact) mass is 266 g/mol. The van der Waals surface area contributed by atoms with Crippen molar-refractivity contribution in [2.45, 2.75) is 64.8 Å². The van der Waals surface area contributed by atoms with Gasteiger partial charge in [-0.05, 0) is 50.5 Å². The zero-order chi connectivity index (χ0) is 13.7. The summed E-state index contributed by atoms with van der Waals surface area (Å²) in [5.41, 5.74) is 0. The Morgan fingerprint density at radius 3 is 2.68 bits per heavy atom. The number of rotatable bonds is 3. The number of nitrogens with zero attached hydrogens (tertiary/aromatic N) is 1. The first-order valence-corrected chi connectivity index (χ1v) is 8.18. The van der Waals surface area contributed by atoms with E-state index in [1.54, 1.807) is 0 Å². The van der Waals surface area contributed by atoms with Crippen molar-refractivity contribution in [2.75, 3.05) is 19.6 Å². The van der Waals surface area contributed by atoms with Gasteiger partial charge in [0.25, 0.3) is 0 Å². The Bertz CT molecular complexity index is 284. The van der Waals surface area contributed by atoms with E-state index >= 15 is 0 Å². The molecule has 2 unspecified atom stereocenters. The molecule has 2 aliphatic rings. The van der Waals surface area contributed by atoms with Crippen LogP contribution in [-0.2, 0) is 4.79 Å². The Balaban J connectivity index is 1.78. The predicted octanol–water partition coefficient (Wildman–Crippen LogP) is 2.80. The maximum atomic E-state index is 12.4. The van der Waals surface area contributed by atoms with Crippen molar-refractivity contribution in [3.8, 4) is 0 Å². The van der Waals surface area contributed by atoms with E-state index in [9.17, 15) is 4.79 Å². The van der Waals surface area contributed by atoms with Crippen LogP contribution in [0.25, 0.3) is 0 Å². The van der Waals surface area contributed by atoms with Crippen LogP contribution in [0.5, 0.6) is 0 Å². The van der Waals surface area contributed by atoms with Gasteiger partial charge in [0.1, 0.15) is 0 Å². The van der Waals surface area contributed by atoms with Crippen LogP contribution in [0.4, 0.5) is 0 Å². The summed E-state index contributed by atoms with van der Waals surface area (Å²) in [6.45, 7) is 7.68. The van der Waals surface area contributed by atoms with E-state index in [2.05, 4.69) is 24.1 Å². The molecule has 2 aliphatic heterocycles. The highest BCUT2D eigenvalue weighted by molar-refractivity contribution is 5.76. The summed E-state index contributed by atoms with van der Waals surface area (Å²) in [5, 5.41) is 3.48. The molecule has 2 fully saturated rings. The van der Waals surface area contributed by atoms with Gasteiger partial charge in [-0.25, -0.2) is 0 Å². The summed E-state index contributed by atoms with van der Waals surface area (Å²) in [7, 11) is 0. The molecule has 0 spiro atoms. The molecule has 0 radical (unpaired) electrons. The van der Waals surface area contributed by atoms with Crippen LogP contribution in [0.2, 0.25) is 0 Å². The first-order chi connectivity index (χ1) is 9.16. The van der Waals surface area contributed by atoms with E-state index in [-0.39, 0.29) is 0 Å². The average Bonchev–Trinajstić information content (AvgIpc) is 2.65. The minimum Gasteiger partial charge on any atom is -0.343 e. The zero-order valence-corrected chi connectivity index (χ0v) is 12.7. The summed E-state index contributed by atoms with van der Waals surface area (Å²) in [4.78, 5) is 14.5. The van der Waals surface area contributed by atoms with Crippen molar-refractivity contribution in [1.82, 2.24) is 10.2 Å². The summed E-state index contributed by atoms with van der Waals surface area (Å²) >= 11 is 0. The number of carbonyl (C=O) groups excluding carboxylic acids is 1. The second kappa shape index (κ2) is 7.28. The number of likely N-dealkylation sites (tertiary alicyclic amines) is 1. The van der Waals surface area contributed by atoms with Gasteiger partial charge < -0.3 is 10.2 Å². The van der Waals surface area contributed by atoms with Gasteiger partial charge in [0.05, 0.1) is 0 Å². The Morgan fingerprint density at radius 2 is 2.00 bits per heavy atom. The van der Waals surface area contributed by atoms with Crippen molar-refractivity contribution in [2.24, 2.45) is 11.8 Å². The third kappa shape index (κ3) is 4.48. The molecule has 19 heavy (non-hydrogen) atoms. The Kier molecular flexibility index (Phi) is 5.68. The quantitative estimate of drug-likeness (QED) is 0.852. The van der Waals surface area contributed by atoms with Gasteiger partial charge in [-0.15, -0.1) is 0 Å². The lowest BCUT2D eigenvalue weighted by molar-refractivity contribution is -0.131. The molecule has 0 aromatic heterocycles. The van der Waals surface area contributed by atoms with Crippen molar-refractivity contribution < 1.29 is 4.79 Å². The van der Waals surface area contributed by atoms with Gasteiger partial charge in [0.2, 0.25) is 5.91 Å². The lowest BCUT2D eigenvalue weighted by Gasteiger charge is -2.27. The molecule has 110 valence electrons. The fourth-order valence-corrected chi connectivity index (χ4v) is 3.48. The number of piperidine rings is 1. The van der Waals surface area contributed by atoms with Crippen molar-refractivity contribution in [1.29, 1.82) is 0 Å². The molecule has 3 heteroatoms. The fourth-order valence-electron chi connectivity index (χ4n) is 3.48. The molecule has 1 amide bonds. The molecular formula is C16H30N2O. The second-order valence-electron chi connectivity index (χ2n) is 6.67. The molecule has 2 heterocycles. The first-order valence-electron chi connectivity index (χ1n) is 8.18. The molecule has 0 aliphatic carbocycles. The number of nitrogens with one attached hydrogen (secondary N) is 1. The molecule has 0 bridgehead atoms.